The third-order valence-electron chi connectivity index (χ3n) is 2.48. The van der Waals surface area contributed by atoms with E-state index in [1.54, 1.807) is 0 Å². The lowest BCUT2D eigenvalue weighted by molar-refractivity contribution is 0.102. The summed E-state index contributed by atoms with van der Waals surface area (Å²) in [4.78, 5) is 17.0. The number of nitrogen functional groups attached to an aromatic ring is 1. The zero-order valence-corrected chi connectivity index (χ0v) is 10.8. The molecular weight excluding hydrogens is 253 g/mol. The third kappa shape index (κ3) is 2.48. The summed E-state index contributed by atoms with van der Waals surface area (Å²) in [5, 5.41) is 3.02. The van der Waals surface area contributed by atoms with E-state index in [9.17, 15) is 9.18 Å². The molecule has 1 aromatic carbocycles. The fraction of sp³-hybridized carbons (Fsp3) is 0.167. The van der Waals surface area contributed by atoms with Crippen LogP contribution in [0.3, 0.4) is 0 Å². The Labute approximate surface area is 108 Å². The van der Waals surface area contributed by atoms with E-state index in [4.69, 9.17) is 5.73 Å². The first kappa shape index (κ1) is 12.5. The number of thiazole rings is 1. The molecule has 3 N–H and O–H groups in total. The molecule has 0 atom stereocenters. The van der Waals surface area contributed by atoms with Crippen molar-refractivity contribution < 1.29 is 9.18 Å². The Morgan fingerprint density at radius 2 is 2.17 bits per heavy atom. The van der Waals surface area contributed by atoms with Gasteiger partial charge in [0.05, 0.1) is 11.3 Å². The second kappa shape index (κ2) is 4.73. The Bertz CT molecular complexity index is 590. The molecule has 0 fully saturated rings. The minimum atomic E-state index is -0.605. The maximum absolute atomic E-state index is 13.5. The summed E-state index contributed by atoms with van der Waals surface area (Å²) in [6.07, 6.45) is 0. The number of anilines is 2. The number of carbonyl (C=O) groups excluding carboxylic acids is 1. The van der Waals surface area contributed by atoms with Crippen molar-refractivity contribution in [1.82, 2.24) is 4.98 Å². The van der Waals surface area contributed by atoms with Gasteiger partial charge in [-0.2, -0.15) is 0 Å². The topological polar surface area (TPSA) is 68.0 Å². The summed E-state index contributed by atoms with van der Waals surface area (Å²) >= 11 is 1.35. The highest BCUT2D eigenvalue weighted by molar-refractivity contribution is 7.15. The average Bonchev–Trinajstić information content (AvgIpc) is 2.61. The van der Waals surface area contributed by atoms with Crippen LogP contribution in [-0.4, -0.2) is 10.9 Å². The van der Waals surface area contributed by atoms with Crippen molar-refractivity contribution >= 4 is 28.1 Å². The SMILES string of the molecule is Cc1nc(NC(=O)c2cc(N)ccc2F)sc1C. The molecular formula is C12H12FN3OS. The monoisotopic (exact) mass is 265 g/mol. The number of nitrogens with zero attached hydrogens (tertiary/aromatic N) is 1. The highest BCUT2D eigenvalue weighted by Crippen LogP contribution is 2.22. The van der Waals surface area contributed by atoms with E-state index in [0.717, 1.165) is 10.6 Å². The number of aryl methyl sites for hydroxylation is 2. The largest absolute Gasteiger partial charge is 0.399 e. The number of amides is 1. The van der Waals surface area contributed by atoms with Gasteiger partial charge >= 0.3 is 0 Å². The Morgan fingerprint density at radius 1 is 1.44 bits per heavy atom. The summed E-state index contributed by atoms with van der Waals surface area (Å²) in [5.74, 6) is -1.15. The molecule has 0 radical (unpaired) electrons. The van der Waals surface area contributed by atoms with Gasteiger partial charge in [0.25, 0.3) is 5.91 Å². The molecule has 0 aliphatic heterocycles. The minimum Gasteiger partial charge on any atom is -0.399 e. The van der Waals surface area contributed by atoms with Gasteiger partial charge in [-0.1, -0.05) is 0 Å². The van der Waals surface area contributed by atoms with Crippen molar-refractivity contribution in [1.29, 1.82) is 0 Å². The standard InChI is InChI=1S/C12H12FN3OS/c1-6-7(2)18-12(15-6)16-11(17)9-5-8(14)3-4-10(9)13/h3-5H,14H2,1-2H3,(H,15,16,17). The van der Waals surface area contributed by atoms with Crippen LogP contribution >= 0.6 is 11.3 Å². The van der Waals surface area contributed by atoms with Crippen LogP contribution in [0.2, 0.25) is 0 Å². The van der Waals surface area contributed by atoms with Crippen molar-refractivity contribution in [2.45, 2.75) is 13.8 Å². The normalized spacial score (nSPS) is 10.4. The molecule has 0 aliphatic rings. The number of hydrogen-bond acceptors (Lipinski definition) is 4. The van der Waals surface area contributed by atoms with E-state index in [1.807, 2.05) is 13.8 Å². The second-order valence-electron chi connectivity index (χ2n) is 3.85. The Hall–Kier alpha value is -1.95. The van der Waals surface area contributed by atoms with Crippen LogP contribution in [0.4, 0.5) is 15.2 Å². The van der Waals surface area contributed by atoms with Crippen LogP contribution in [0.5, 0.6) is 0 Å². The molecule has 18 heavy (non-hydrogen) atoms. The van der Waals surface area contributed by atoms with Crippen LogP contribution in [0.25, 0.3) is 0 Å². The summed E-state index contributed by atoms with van der Waals surface area (Å²) < 4.78 is 13.5. The Balaban J connectivity index is 2.24. The molecule has 2 rings (SSSR count). The molecule has 0 saturated carbocycles. The van der Waals surface area contributed by atoms with E-state index in [-0.39, 0.29) is 5.56 Å². The van der Waals surface area contributed by atoms with Crippen LogP contribution in [0.15, 0.2) is 18.2 Å². The number of nitrogens with one attached hydrogen (secondary N) is 1. The maximum atomic E-state index is 13.5. The summed E-state index contributed by atoms with van der Waals surface area (Å²) in [5.41, 5.74) is 6.64. The fourth-order valence-electron chi connectivity index (χ4n) is 1.41. The van der Waals surface area contributed by atoms with Crippen molar-refractivity contribution in [3.63, 3.8) is 0 Å². The Kier molecular flexibility index (Phi) is 3.29. The number of halogens is 1. The molecule has 0 saturated heterocycles. The summed E-state index contributed by atoms with van der Waals surface area (Å²) in [6.45, 7) is 3.76. The van der Waals surface area contributed by atoms with Crippen molar-refractivity contribution in [3.05, 3.63) is 40.2 Å². The quantitative estimate of drug-likeness (QED) is 0.820. The van der Waals surface area contributed by atoms with Crippen molar-refractivity contribution in [2.24, 2.45) is 0 Å². The number of aromatic nitrogens is 1. The van der Waals surface area contributed by atoms with Gasteiger partial charge in [0.2, 0.25) is 0 Å². The molecule has 0 bridgehead atoms. The smallest absolute Gasteiger partial charge is 0.260 e. The molecule has 1 amide bonds. The van der Waals surface area contributed by atoms with E-state index >= 15 is 0 Å². The zero-order valence-electron chi connectivity index (χ0n) is 9.95. The van der Waals surface area contributed by atoms with Gasteiger partial charge in [-0.05, 0) is 32.0 Å². The van der Waals surface area contributed by atoms with Gasteiger partial charge in [-0.15, -0.1) is 11.3 Å². The van der Waals surface area contributed by atoms with E-state index in [0.29, 0.717) is 10.8 Å². The van der Waals surface area contributed by atoms with Gasteiger partial charge in [0.15, 0.2) is 5.13 Å². The number of nitrogens with two attached hydrogens (primary N) is 1. The highest BCUT2D eigenvalue weighted by atomic mass is 32.1. The zero-order chi connectivity index (χ0) is 13.3. The van der Waals surface area contributed by atoms with Gasteiger partial charge < -0.3 is 5.73 Å². The number of carbonyl (C=O) groups is 1. The van der Waals surface area contributed by atoms with E-state index in [1.165, 1.54) is 29.5 Å². The molecule has 1 heterocycles. The van der Waals surface area contributed by atoms with E-state index < -0.39 is 11.7 Å². The number of rotatable bonds is 2. The summed E-state index contributed by atoms with van der Waals surface area (Å²) in [6, 6.07) is 3.88. The number of hydrogen-bond donors (Lipinski definition) is 2. The maximum Gasteiger partial charge on any atom is 0.260 e. The Morgan fingerprint density at radius 3 is 2.78 bits per heavy atom. The second-order valence-corrected chi connectivity index (χ2v) is 5.06. The van der Waals surface area contributed by atoms with Crippen molar-refractivity contribution in [2.75, 3.05) is 11.1 Å². The first-order valence-corrected chi connectivity index (χ1v) is 6.09. The molecule has 0 unspecified atom stereocenters. The average molecular weight is 265 g/mol. The molecule has 6 heteroatoms. The molecule has 0 spiro atoms. The van der Waals surface area contributed by atoms with Gasteiger partial charge in [0, 0.05) is 10.6 Å². The van der Waals surface area contributed by atoms with E-state index in [2.05, 4.69) is 10.3 Å². The lowest BCUT2D eigenvalue weighted by Crippen LogP contribution is -2.14. The van der Waals surface area contributed by atoms with Crippen LogP contribution in [0.1, 0.15) is 20.9 Å². The fourth-order valence-corrected chi connectivity index (χ4v) is 2.22. The first-order valence-electron chi connectivity index (χ1n) is 5.28. The predicted molar refractivity (Wildman–Crippen MR) is 70.4 cm³/mol. The summed E-state index contributed by atoms with van der Waals surface area (Å²) in [7, 11) is 0. The van der Waals surface area contributed by atoms with Crippen LogP contribution in [-0.2, 0) is 0 Å². The first-order chi connectivity index (χ1) is 8.47. The van der Waals surface area contributed by atoms with Crippen LogP contribution < -0.4 is 11.1 Å². The third-order valence-corrected chi connectivity index (χ3v) is 3.47. The molecule has 1 aromatic heterocycles. The number of benzene rings is 1. The molecule has 4 nitrogen and oxygen atoms in total. The van der Waals surface area contributed by atoms with Gasteiger partial charge in [-0.25, -0.2) is 9.37 Å². The van der Waals surface area contributed by atoms with Gasteiger partial charge in [0.1, 0.15) is 5.82 Å². The van der Waals surface area contributed by atoms with Crippen molar-refractivity contribution in [3.8, 4) is 0 Å². The molecule has 0 aliphatic carbocycles. The van der Waals surface area contributed by atoms with Crippen LogP contribution in [0, 0.1) is 19.7 Å². The van der Waals surface area contributed by atoms with Gasteiger partial charge in [-0.3, -0.25) is 10.1 Å². The highest BCUT2D eigenvalue weighted by Gasteiger charge is 2.14. The molecule has 2 aromatic rings. The lowest BCUT2D eigenvalue weighted by atomic mass is 10.2. The predicted octanol–water partition coefficient (Wildman–Crippen LogP) is 2.73. The lowest BCUT2D eigenvalue weighted by Gasteiger charge is -2.04. The minimum absolute atomic E-state index is 0.0829. The molecule has 94 valence electrons.